The standard InChI is InChI=1S/C12H12ClN3OS/c13-8-2-1-3-9(6-8)17-5-4-11-16-10(7-18-11)12(14)15/h1-3,6-7H,4-5H2,(H3,14,15). The van der Waals surface area contributed by atoms with Crippen LogP contribution in [0.3, 0.4) is 0 Å². The second kappa shape index (κ2) is 5.84. The van der Waals surface area contributed by atoms with E-state index in [1.807, 2.05) is 12.1 Å². The summed E-state index contributed by atoms with van der Waals surface area (Å²) in [7, 11) is 0. The van der Waals surface area contributed by atoms with Gasteiger partial charge in [0.2, 0.25) is 0 Å². The number of nitrogens with one attached hydrogen (secondary N) is 1. The summed E-state index contributed by atoms with van der Waals surface area (Å²) in [5, 5.41) is 10.6. The zero-order valence-corrected chi connectivity index (χ0v) is 11.1. The lowest BCUT2D eigenvalue weighted by Crippen LogP contribution is -2.11. The Balaban J connectivity index is 1.86. The van der Waals surface area contributed by atoms with E-state index in [2.05, 4.69) is 4.98 Å². The van der Waals surface area contributed by atoms with Crippen LogP contribution >= 0.6 is 22.9 Å². The second-order valence-electron chi connectivity index (χ2n) is 3.60. The van der Waals surface area contributed by atoms with Crippen LogP contribution in [-0.4, -0.2) is 17.4 Å². The van der Waals surface area contributed by atoms with Crippen LogP contribution < -0.4 is 10.5 Å². The molecule has 0 fully saturated rings. The molecule has 1 heterocycles. The Kier molecular flexibility index (Phi) is 4.17. The van der Waals surface area contributed by atoms with Gasteiger partial charge in [-0.3, -0.25) is 5.41 Å². The average molecular weight is 282 g/mol. The lowest BCUT2D eigenvalue weighted by Gasteiger charge is -2.04. The molecule has 0 saturated heterocycles. The molecule has 0 atom stereocenters. The Labute approximate surface area is 114 Å². The number of nitrogens with zero attached hydrogens (tertiary/aromatic N) is 1. The molecule has 1 aromatic heterocycles. The summed E-state index contributed by atoms with van der Waals surface area (Å²) in [6, 6.07) is 7.27. The summed E-state index contributed by atoms with van der Waals surface area (Å²) in [5.74, 6) is 0.735. The summed E-state index contributed by atoms with van der Waals surface area (Å²) in [6.45, 7) is 0.519. The lowest BCUT2D eigenvalue weighted by atomic mass is 10.3. The van der Waals surface area contributed by atoms with Crippen molar-refractivity contribution >= 4 is 28.8 Å². The highest BCUT2D eigenvalue weighted by Gasteiger charge is 2.04. The van der Waals surface area contributed by atoms with Crippen LogP contribution in [0, 0.1) is 5.41 Å². The molecule has 0 aliphatic rings. The van der Waals surface area contributed by atoms with Crippen molar-refractivity contribution in [1.82, 2.24) is 4.98 Å². The van der Waals surface area contributed by atoms with E-state index in [0.717, 1.165) is 10.8 Å². The maximum Gasteiger partial charge on any atom is 0.142 e. The maximum absolute atomic E-state index is 7.26. The van der Waals surface area contributed by atoms with E-state index < -0.39 is 0 Å². The Morgan fingerprint density at radius 2 is 2.33 bits per heavy atom. The summed E-state index contributed by atoms with van der Waals surface area (Å²) in [6.07, 6.45) is 0.685. The maximum atomic E-state index is 7.26. The van der Waals surface area contributed by atoms with Crippen LogP contribution in [0.2, 0.25) is 5.02 Å². The fourth-order valence-electron chi connectivity index (χ4n) is 1.36. The van der Waals surface area contributed by atoms with Crippen molar-refractivity contribution in [2.45, 2.75) is 6.42 Å². The van der Waals surface area contributed by atoms with Gasteiger partial charge in [0.25, 0.3) is 0 Å². The Bertz CT molecular complexity index is 556. The highest BCUT2D eigenvalue weighted by Crippen LogP contribution is 2.17. The molecule has 6 heteroatoms. The molecule has 1 aromatic carbocycles. The fraction of sp³-hybridized carbons (Fsp3) is 0.167. The molecule has 4 nitrogen and oxygen atoms in total. The van der Waals surface area contributed by atoms with Crippen molar-refractivity contribution in [3.8, 4) is 5.75 Å². The van der Waals surface area contributed by atoms with Gasteiger partial charge in [-0.25, -0.2) is 4.98 Å². The van der Waals surface area contributed by atoms with Crippen LogP contribution in [0.25, 0.3) is 0 Å². The highest BCUT2D eigenvalue weighted by molar-refractivity contribution is 7.09. The summed E-state index contributed by atoms with van der Waals surface area (Å²) < 4.78 is 5.56. The third-order valence-corrected chi connectivity index (χ3v) is 3.35. The number of aromatic nitrogens is 1. The molecule has 0 aliphatic heterocycles. The largest absolute Gasteiger partial charge is 0.493 e. The predicted octanol–water partition coefficient (Wildman–Crippen LogP) is 2.70. The molecule has 0 bridgehead atoms. The predicted molar refractivity (Wildman–Crippen MR) is 73.8 cm³/mol. The van der Waals surface area contributed by atoms with Gasteiger partial charge in [-0.05, 0) is 18.2 Å². The molecule has 0 saturated carbocycles. The molecule has 0 amide bonds. The number of ether oxygens (including phenoxy) is 1. The van der Waals surface area contributed by atoms with Crippen molar-refractivity contribution in [1.29, 1.82) is 5.41 Å². The number of amidine groups is 1. The Morgan fingerprint density at radius 3 is 3.00 bits per heavy atom. The number of rotatable bonds is 5. The van der Waals surface area contributed by atoms with E-state index in [1.54, 1.807) is 17.5 Å². The minimum atomic E-state index is -0.00624. The zero-order chi connectivity index (χ0) is 13.0. The first-order chi connectivity index (χ1) is 8.65. The molecule has 0 radical (unpaired) electrons. The Morgan fingerprint density at radius 1 is 1.50 bits per heavy atom. The monoisotopic (exact) mass is 281 g/mol. The van der Waals surface area contributed by atoms with Gasteiger partial charge in [0.15, 0.2) is 0 Å². The van der Waals surface area contributed by atoms with Gasteiger partial charge in [-0.2, -0.15) is 0 Å². The van der Waals surface area contributed by atoms with E-state index in [4.69, 9.17) is 27.5 Å². The fourth-order valence-corrected chi connectivity index (χ4v) is 2.32. The SMILES string of the molecule is N=C(N)c1csc(CCOc2cccc(Cl)c2)n1. The smallest absolute Gasteiger partial charge is 0.142 e. The van der Waals surface area contributed by atoms with Gasteiger partial charge in [-0.15, -0.1) is 11.3 Å². The molecule has 18 heavy (non-hydrogen) atoms. The number of nitrogen functional groups attached to an aromatic ring is 1. The van der Waals surface area contributed by atoms with Gasteiger partial charge in [-0.1, -0.05) is 17.7 Å². The minimum absolute atomic E-state index is 0.00624. The molecule has 0 unspecified atom stereocenters. The number of hydrogen-bond donors (Lipinski definition) is 2. The van der Waals surface area contributed by atoms with Gasteiger partial charge in [0.05, 0.1) is 11.6 Å². The van der Waals surface area contributed by atoms with Crippen molar-refractivity contribution in [2.75, 3.05) is 6.61 Å². The van der Waals surface area contributed by atoms with Crippen LogP contribution in [-0.2, 0) is 6.42 Å². The average Bonchev–Trinajstić information content (AvgIpc) is 2.78. The second-order valence-corrected chi connectivity index (χ2v) is 4.98. The van der Waals surface area contributed by atoms with E-state index in [9.17, 15) is 0 Å². The Hall–Kier alpha value is -1.59. The number of thiazole rings is 1. The van der Waals surface area contributed by atoms with E-state index in [-0.39, 0.29) is 5.84 Å². The summed E-state index contributed by atoms with van der Waals surface area (Å²) in [5.41, 5.74) is 5.87. The van der Waals surface area contributed by atoms with Crippen molar-refractivity contribution in [3.05, 3.63) is 45.4 Å². The zero-order valence-electron chi connectivity index (χ0n) is 9.52. The molecule has 0 spiro atoms. The van der Waals surface area contributed by atoms with Gasteiger partial charge < -0.3 is 10.5 Å². The van der Waals surface area contributed by atoms with E-state index >= 15 is 0 Å². The number of hydrogen-bond acceptors (Lipinski definition) is 4. The van der Waals surface area contributed by atoms with Crippen molar-refractivity contribution in [3.63, 3.8) is 0 Å². The number of halogens is 1. The molecule has 2 aromatic rings. The van der Waals surface area contributed by atoms with Crippen LogP contribution in [0.4, 0.5) is 0 Å². The van der Waals surface area contributed by atoms with Gasteiger partial charge in [0.1, 0.15) is 17.3 Å². The van der Waals surface area contributed by atoms with Gasteiger partial charge in [0, 0.05) is 16.8 Å². The number of benzene rings is 1. The molecule has 3 N–H and O–H groups in total. The van der Waals surface area contributed by atoms with Crippen LogP contribution in [0.15, 0.2) is 29.6 Å². The quantitative estimate of drug-likeness (QED) is 0.654. The van der Waals surface area contributed by atoms with Crippen LogP contribution in [0.1, 0.15) is 10.7 Å². The number of nitrogens with two attached hydrogens (primary N) is 1. The van der Waals surface area contributed by atoms with Crippen LogP contribution in [0.5, 0.6) is 5.75 Å². The van der Waals surface area contributed by atoms with Crippen molar-refractivity contribution < 1.29 is 4.74 Å². The third-order valence-electron chi connectivity index (χ3n) is 2.21. The first-order valence-electron chi connectivity index (χ1n) is 5.32. The van der Waals surface area contributed by atoms with E-state index in [1.165, 1.54) is 11.3 Å². The molecular weight excluding hydrogens is 270 g/mol. The molecular formula is C12H12ClN3OS. The summed E-state index contributed by atoms with van der Waals surface area (Å²) >= 11 is 7.33. The third kappa shape index (κ3) is 3.45. The molecule has 2 rings (SSSR count). The minimum Gasteiger partial charge on any atom is -0.493 e. The first-order valence-corrected chi connectivity index (χ1v) is 6.58. The molecule has 0 aliphatic carbocycles. The topological polar surface area (TPSA) is 72.0 Å². The van der Waals surface area contributed by atoms with Crippen molar-refractivity contribution in [2.24, 2.45) is 5.73 Å². The summed E-state index contributed by atoms with van der Waals surface area (Å²) in [4.78, 5) is 4.22. The normalized spacial score (nSPS) is 10.3. The lowest BCUT2D eigenvalue weighted by molar-refractivity contribution is 0.322. The molecule has 94 valence electrons. The highest BCUT2D eigenvalue weighted by atomic mass is 35.5. The first kappa shape index (κ1) is 12.9. The van der Waals surface area contributed by atoms with Gasteiger partial charge >= 0.3 is 0 Å². The van der Waals surface area contributed by atoms with E-state index in [0.29, 0.717) is 23.7 Å².